The maximum Gasteiger partial charge on any atom is 0.323 e. The summed E-state index contributed by atoms with van der Waals surface area (Å²) in [5.74, 6) is 0. The lowest BCUT2D eigenvalue weighted by atomic mass is 10.1. The molecule has 0 saturated heterocycles. The predicted molar refractivity (Wildman–Crippen MR) is 105 cm³/mol. The van der Waals surface area contributed by atoms with E-state index < -0.39 is 0 Å². The molecule has 0 spiro atoms. The third kappa shape index (κ3) is 4.15. The first-order valence-electron chi connectivity index (χ1n) is 7.57. The Bertz CT molecular complexity index is 873. The molecule has 0 atom stereocenters. The molecule has 3 aromatic rings. The summed E-state index contributed by atoms with van der Waals surface area (Å²) >= 11 is 7.84. The van der Waals surface area contributed by atoms with E-state index in [1.807, 2.05) is 61.8 Å². The van der Waals surface area contributed by atoms with Gasteiger partial charge in [-0.25, -0.2) is 4.79 Å². The standard InChI is InChI=1S/C18H17ClN4OS/c1-23-17(16(19)11-20-23)12-4-3-5-14(10-12)22-18(24)21-13-6-8-15(25-2)9-7-13/h3-11H,1-2H3,(H2,21,22,24). The molecule has 2 aromatic carbocycles. The Morgan fingerprint density at radius 1 is 1.12 bits per heavy atom. The van der Waals surface area contributed by atoms with Crippen LogP contribution < -0.4 is 10.6 Å². The summed E-state index contributed by atoms with van der Waals surface area (Å²) in [5.41, 5.74) is 3.10. The molecular weight excluding hydrogens is 356 g/mol. The number of rotatable bonds is 4. The van der Waals surface area contributed by atoms with Crippen LogP contribution >= 0.6 is 23.4 Å². The van der Waals surface area contributed by atoms with Crippen molar-refractivity contribution in [3.63, 3.8) is 0 Å². The Morgan fingerprint density at radius 3 is 2.48 bits per heavy atom. The molecule has 2 amide bonds. The molecule has 0 aliphatic heterocycles. The number of amides is 2. The molecule has 0 fully saturated rings. The van der Waals surface area contributed by atoms with Crippen LogP contribution in [-0.2, 0) is 7.05 Å². The van der Waals surface area contributed by atoms with Gasteiger partial charge in [0.25, 0.3) is 0 Å². The van der Waals surface area contributed by atoms with Gasteiger partial charge in [-0.15, -0.1) is 11.8 Å². The van der Waals surface area contributed by atoms with Crippen LogP contribution in [-0.4, -0.2) is 22.1 Å². The van der Waals surface area contributed by atoms with Gasteiger partial charge in [0.15, 0.2) is 0 Å². The summed E-state index contributed by atoms with van der Waals surface area (Å²) < 4.78 is 1.70. The summed E-state index contributed by atoms with van der Waals surface area (Å²) in [6, 6.07) is 14.8. The highest BCUT2D eigenvalue weighted by Gasteiger charge is 2.10. The number of carbonyl (C=O) groups is 1. The quantitative estimate of drug-likeness (QED) is 0.626. The first-order valence-corrected chi connectivity index (χ1v) is 9.17. The number of nitrogens with one attached hydrogen (secondary N) is 2. The first kappa shape index (κ1) is 17.4. The van der Waals surface area contributed by atoms with Crippen LogP contribution in [0.3, 0.4) is 0 Å². The van der Waals surface area contributed by atoms with Gasteiger partial charge in [0.05, 0.1) is 16.9 Å². The summed E-state index contributed by atoms with van der Waals surface area (Å²) in [6.07, 6.45) is 3.61. The molecule has 5 nitrogen and oxygen atoms in total. The van der Waals surface area contributed by atoms with Gasteiger partial charge >= 0.3 is 6.03 Å². The van der Waals surface area contributed by atoms with E-state index in [0.29, 0.717) is 10.7 Å². The van der Waals surface area contributed by atoms with Gasteiger partial charge in [-0.05, 0) is 42.7 Å². The van der Waals surface area contributed by atoms with Crippen LogP contribution in [0.25, 0.3) is 11.3 Å². The van der Waals surface area contributed by atoms with Crippen molar-refractivity contribution < 1.29 is 4.79 Å². The minimum Gasteiger partial charge on any atom is -0.308 e. The van der Waals surface area contributed by atoms with Gasteiger partial charge in [0.1, 0.15) is 0 Å². The van der Waals surface area contributed by atoms with Crippen molar-refractivity contribution in [3.05, 3.63) is 59.8 Å². The summed E-state index contributed by atoms with van der Waals surface area (Å²) in [5, 5.41) is 10.4. The monoisotopic (exact) mass is 372 g/mol. The van der Waals surface area contributed by atoms with Crippen molar-refractivity contribution in [1.82, 2.24) is 9.78 Å². The number of urea groups is 1. The van der Waals surface area contributed by atoms with Crippen LogP contribution in [0.5, 0.6) is 0 Å². The first-order chi connectivity index (χ1) is 12.1. The average Bonchev–Trinajstić information content (AvgIpc) is 2.94. The number of halogens is 1. The second kappa shape index (κ2) is 7.63. The van der Waals surface area contributed by atoms with E-state index in [1.54, 1.807) is 22.6 Å². The van der Waals surface area contributed by atoms with E-state index in [-0.39, 0.29) is 6.03 Å². The molecule has 0 unspecified atom stereocenters. The number of hydrogen-bond acceptors (Lipinski definition) is 3. The number of hydrogen-bond donors (Lipinski definition) is 2. The normalized spacial score (nSPS) is 10.5. The summed E-state index contributed by atoms with van der Waals surface area (Å²) in [4.78, 5) is 13.3. The lowest BCUT2D eigenvalue weighted by Gasteiger charge is -2.10. The summed E-state index contributed by atoms with van der Waals surface area (Å²) in [7, 11) is 1.83. The second-order valence-electron chi connectivity index (χ2n) is 5.35. The van der Waals surface area contributed by atoms with Crippen LogP contribution in [0.15, 0.2) is 59.6 Å². The lowest BCUT2D eigenvalue weighted by molar-refractivity contribution is 0.262. The van der Waals surface area contributed by atoms with Crippen LogP contribution in [0, 0.1) is 0 Å². The van der Waals surface area contributed by atoms with E-state index in [1.165, 1.54) is 0 Å². The molecule has 1 heterocycles. The highest BCUT2D eigenvalue weighted by atomic mass is 35.5. The molecule has 7 heteroatoms. The highest BCUT2D eigenvalue weighted by molar-refractivity contribution is 7.98. The fourth-order valence-electron chi connectivity index (χ4n) is 2.45. The molecule has 25 heavy (non-hydrogen) atoms. The third-order valence-corrected chi connectivity index (χ3v) is 4.66. The van der Waals surface area contributed by atoms with Crippen molar-refractivity contribution >= 4 is 40.8 Å². The van der Waals surface area contributed by atoms with Crippen molar-refractivity contribution in [1.29, 1.82) is 0 Å². The van der Waals surface area contributed by atoms with Gasteiger partial charge in [0, 0.05) is 28.9 Å². The Kier molecular flexibility index (Phi) is 5.31. The smallest absolute Gasteiger partial charge is 0.308 e. The zero-order chi connectivity index (χ0) is 17.8. The van der Waals surface area contributed by atoms with E-state index in [9.17, 15) is 4.79 Å². The fourth-order valence-corrected chi connectivity index (χ4v) is 3.13. The largest absolute Gasteiger partial charge is 0.323 e. The van der Waals surface area contributed by atoms with E-state index in [4.69, 9.17) is 11.6 Å². The van der Waals surface area contributed by atoms with Crippen molar-refractivity contribution in [2.45, 2.75) is 4.90 Å². The lowest BCUT2D eigenvalue weighted by Crippen LogP contribution is -2.19. The fraction of sp³-hybridized carbons (Fsp3) is 0.111. The van der Waals surface area contributed by atoms with Crippen LogP contribution in [0.2, 0.25) is 5.02 Å². The number of benzene rings is 2. The van der Waals surface area contributed by atoms with E-state index in [2.05, 4.69) is 15.7 Å². The molecule has 128 valence electrons. The van der Waals surface area contributed by atoms with Crippen molar-refractivity contribution in [3.8, 4) is 11.3 Å². The van der Waals surface area contributed by atoms with Gasteiger partial charge in [0.2, 0.25) is 0 Å². The van der Waals surface area contributed by atoms with Gasteiger partial charge in [-0.2, -0.15) is 5.10 Å². The average molecular weight is 373 g/mol. The minimum atomic E-state index is -0.301. The van der Waals surface area contributed by atoms with Gasteiger partial charge < -0.3 is 10.6 Å². The molecular formula is C18H17ClN4OS. The minimum absolute atomic E-state index is 0.301. The predicted octanol–water partition coefficient (Wildman–Crippen LogP) is 5.11. The van der Waals surface area contributed by atoms with E-state index in [0.717, 1.165) is 21.8 Å². The maximum atomic E-state index is 12.2. The molecule has 1 aromatic heterocycles. The maximum absolute atomic E-state index is 12.2. The number of nitrogens with zero attached hydrogens (tertiary/aromatic N) is 2. The van der Waals surface area contributed by atoms with Crippen molar-refractivity contribution in [2.24, 2.45) is 7.05 Å². The van der Waals surface area contributed by atoms with Gasteiger partial charge in [-0.3, -0.25) is 4.68 Å². The van der Waals surface area contributed by atoms with Crippen LogP contribution in [0.1, 0.15) is 0 Å². The topological polar surface area (TPSA) is 59.0 Å². The molecule has 0 aliphatic carbocycles. The Morgan fingerprint density at radius 2 is 1.84 bits per heavy atom. The molecule has 2 N–H and O–H groups in total. The summed E-state index contributed by atoms with van der Waals surface area (Å²) in [6.45, 7) is 0. The second-order valence-corrected chi connectivity index (χ2v) is 6.64. The number of carbonyl (C=O) groups excluding carboxylic acids is 1. The van der Waals surface area contributed by atoms with Crippen molar-refractivity contribution in [2.75, 3.05) is 16.9 Å². The van der Waals surface area contributed by atoms with E-state index >= 15 is 0 Å². The number of aryl methyl sites for hydroxylation is 1. The molecule has 0 saturated carbocycles. The molecule has 0 bridgehead atoms. The number of anilines is 2. The molecule has 0 radical (unpaired) electrons. The third-order valence-electron chi connectivity index (χ3n) is 3.64. The Hall–Kier alpha value is -2.44. The van der Waals surface area contributed by atoms with Gasteiger partial charge in [-0.1, -0.05) is 23.7 Å². The number of aromatic nitrogens is 2. The Labute approximate surface area is 155 Å². The zero-order valence-corrected chi connectivity index (χ0v) is 15.4. The Balaban J connectivity index is 1.72. The SMILES string of the molecule is CSc1ccc(NC(=O)Nc2cccc(-c3c(Cl)cnn3C)c2)cc1. The number of thioether (sulfide) groups is 1. The zero-order valence-electron chi connectivity index (χ0n) is 13.8. The molecule has 0 aliphatic rings. The molecule has 3 rings (SSSR count). The highest BCUT2D eigenvalue weighted by Crippen LogP contribution is 2.28. The van der Waals surface area contributed by atoms with Crippen LogP contribution in [0.4, 0.5) is 16.2 Å².